The van der Waals surface area contributed by atoms with Gasteiger partial charge in [-0.25, -0.2) is 5.48 Å². The summed E-state index contributed by atoms with van der Waals surface area (Å²) in [6, 6.07) is 6.84. The molecule has 1 amide bonds. The molecular weight excluding hydrogens is 294 g/mol. The van der Waals surface area contributed by atoms with E-state index in [1.807, 2.05) is 0 Å². The van der Waals surface area contributed by atoms with E-state index in [-0.39, 0.29) is 18.1 Å². The Morgan fingerprint density at radius 1 is 1.29 bits per heavy atom. The van der Waals surface area contributed by atoms with E-state index in [4.69, 9.17) is 25.9 Å². The predicted molar refractivity (Wildman–Crippen MR) is 79.2 cm³/mol. The van der Waals surface area contributed by atoms with Crippen molar-refractivity contribution >= 4 is 17.5 Å². The Morgan fingerprint density at radius 3 is 2.62 bits per heavy atom. The number of amides is 1. The van der Waals surface area contributed by atoms with Crippen LogP contribution in [-0.2, 0) is 14.4 Å². The van der Waals surface area contributed by atoms with Crippen molar-refractivity contribution in [3.63, 3.8) is 0 Å². The molecule has 1 saturated carbocycles. The van der Waals surface area contributed by atoms with Crippen molar-refractivity contribution in [2.75, 3.05) is 7.11 Å². The van der Waals surface area contributed by atoms with Gasteiger partial charge in [0.1, 0.15) is 11.9 Å². The fourth-order valence-electron chi connectivity index (χ4n) is 2.28. The van der Waals surface area contributed by atoms with Crippen LogP contribution in [0.5, 0.6) is 5.75 Å². The van der Waals surface area contributed by atoms with E-state index in [1.54, 1.807) is 38.3 Å². The Bertz CT molecular complexity index is 465. The SMILES string of the molecule is COC1CCCC1ONC(=O)[C@H](C)Oc1ccc(Cl)cc1. The summed E-state index contributed by atoms with van der Waals surface area (Å²) in [5.74, 6) is 0.254. The normalized spacial score (nSPS) is 22.8. The Balaban J connectivity index is 1.78. The minimum Gasteiger partial charge on any atom is -0.481 e. The number of carbonyl (C=O) groups is 1. The molecule has 1 aromatic rings. The molecule has 0 saturated heterocycles. The second-order valence-corrected chi connectivity index (χ2v) is 5.48. The van der Waals surface area contributed by atoms with Crippen LogP contribution in [0, 0.1) is 0 Å². The molecule has 1 aliphatic carbocycles. The molecule has 0 aromatic heterocycles. The second-order valence-electron chi connectivity index (χ2n) is 5.04. The van der Waals surface area contributed by atoms with Crippen molar-refractivity contribution in [1.29, 1.82) is 0 Å². The second kappa shape index (κ2) is 7.64. The van der Waals surface area contributed by atoms with Gasteiger partial charge in [-0.05, 0) is 50.5 Å². The maximum atomic E-state index is 11.9. The van der Waals surface area contributed by atoms with Gasteiger partial charge < -0.3 is 9.47 Å². The van der Waals surface area contributed by atoms with Gasteiger partial charge in [0.25, 0.3) is 5.91 Å². The highest BCUT2D eigenvalue weighted by Crippen LogP contribution is 2.23. The zero-order chi connectivity index (χ0) is 15.2. The topological polar surface area (TPSA) is 56.8 Å². The average Bonchev–Trinajstić information content (AvgIpc) is 2.94. The minimum absolute atomic E-state index is 0.0396. The predicted octanol–water partition coefficient (Wildman–Crippen LogP) is 2.72. The van der Waals surface area contributed by atoms with E-state index in [0.29, 0.717) is 10.8 Å². The van der Waals surface area contributed by atoms with Crippen LogP contribution in [0.25, 0.3) is 0 Å². The fourth-order valence-corrected chi connectivity index (χ4v) is 2.41. The molecule has 0 heterocycles. The number of nitrogens with one attached hydrogen (secondary N) is 1. The van der Waals surface area contributed by atoms with Crippen LogP contribution in [0.4, 0.5) is 0 Å². The van der Waals surface area contributed by atoms with Crippen molar-refractivity contribution in [2.24, 2.45) is 0 Å². The molecule has 0 bridgehead atoms. The molecule has 1 N–H and O–H groups in total. The van der Waals surface area contributed by atoms with Gasteiger partial charge in [0, 0.05) is 12.1 Å². The van der Waals surface area contributed by atoms with Crippen LogP contribution < -0.4 is 10.2 Å². The highest BCUT2D eigenvalue weighted by Gasteiger charge is 2.29. The quantitative estimate of drug-likeness (QED) is 0.820. The molecule has 6 heteroatoms. The van der Waals surface area contributed by atoms with Gasteiger partial charge in [-0.3, -0.25) is 9.63 Å². The molecule has 1 aromatic carbocycles. The minimum atomic E-state index is -0.659. The molecule has 21 heavy (non-hydrogen) atoms. The van der Waals surface area contributed by atoms with E-state index in [1.165, 1.54) is 0 Å². The smallest absolute Gasteiger partial charge is 0.284 e. The molecule has 0 radical (unpaired) electrons. The van der Waals surface area contributed by atoms with E-state index in [9.17, 15) is 4.79 Å². The number of methoxy groups -OCH3 is 1. The summed E-state index contributed by atoms with van der Waals surface area (Å²) in [4.78, 5) is 17.4. The molecule has 3 atom stereocenters. The highest BCUT2D eigenvalue weighted by atomic mass is 35.5. The molecule has 0 aliphatic heterocycles. The number of benzene rings is 1. The lowest BCUT2D eigenvalue weighted by Crippen LogP contribution is -2.40. The summed E-state index contributed by atoms with van der Waals surface area (Å²) in [6.45, 7) is 1.66. The number of rotatable bonds is 6. The molecule has 0 spiro atoms. The third-order valence-corrected chi connectivity index (χ3v) is 3.75. The Labute approximate surface area is 129 Å². The lowest BCUT2D eigenvalue weighted by molar-refractivity contribution is -0.150. The van der Waals surface area contributed by atoms with E-state index in [0.717, 1.165) is 19.3 Å². The third kappa shape index (κ3) is 4.59. The first kappa shape index (κ1) is 16.1. The Morgan fingerprint density at radius 2 is 1.95 bits per heavy atom. The number of hydroxylamine groups is 1. The summed E-state index contributed by atoms with van der Waals surface area (Å²) in [7, 11) is 1.65. The maximum absolute atomic E-state index is 11.9. The summed E-state index contributed by atoms with van der Waals surface area (Å²) < 4.78 is 10.8. The van der Waals surface area contributed by atoms with Crippen molar-refractivity contribution in [3.05, 3.63) is 29.3 Å². The summed E-state index contributed by atoms with van der Waals surface area (Å²) >= 11 is 5.79. The highest BCUT2D eigenvalue weighted by molar-refractivity contribution is 6.30. The van der Waals surface area contributed by atoms with Crippen LogP contribution >= 0.6 is 11.6 Å². The van der Waals surface area contributed by atoms with Crippen LogP contribution in [0.2, 0.25) is 5.02 Å². The maximum Gasteiger partial charge on any atom is 0.284 e. The van der Waals surface area contributed by atoms with Crippen molar-refractivity contribution < 1.29 is 19.1 Å². The Kier molecular flexibility index (Phi) is 5.85. The zero-order valence-electron chi connectivity index (χ0n) is 12.2. The Hall–Kier alpha value is -1.30. The molecule has 5 nitrogen and oxygen atoms in total. The molecule has 116 valence electrons. The molecule has 2 rings (SSSR count). The summed E-state index contributed by atoms with van der Waals surface area (Å²) in [5.41, 5.74) is 2.45. The van der Waals surface area contributed by atoms with Gasteiger partial charge >= 0.3 is 0 Å². The number of ether oxygens (including phenoxy) is 2. The summed E-state index contributed by atoms with van der Waals surface area (Å²) in [6.07, 6.45) is 2.16. The van der Waals surface area contributed by atoms with Gasteiger partial charge in [-0.15, -0.1) is 0 Å². The van der Waals surface area contributed by atoms with Gasteiger partial charge in [0.15, 0.2) is 6.10 Å². The van der Waals surface area contributed by atoms with Crippen molar-refractivity contribution in [3.8, 4) is 5.75 Å². The van der Waals surface area contributed by atoms with E-state index < -0.39 is 6.10 Å². The molecule has 1 aliphatic rings. The largest absolute Gasteiger partial charge is 0.481 e. The monoisotopic (exact) mass is 313 g/mol. The zero-order valence-corrected chi connectivity index (χ0v) is 12.9. The van der Waals surface area contributed by atoms with Crippen LogP contribution in [0.15, 0.2) is 24.3 Å². The number of carbonyl (C=O) groups excluding carboxylic acids is 1. The number of hydrogen-bond donors (Lipinski definition) is 1. The average molecular weight is 314 g/mol. The van der Waals surface area contributed by atoms with Gasteiger partial charge in [0.05, 0.1) is 6.10 Å². The first-order valence-electron chi connectivity index (χ1n) is 7.00. The lowest BCUT2D eigenvalue weighted by Gasteiger charge is -2.20. The number of halogens is 1. The number of hydrogen-bond acceptors (Lipinski definition) is 4. The molecule has 1 fully saturated rings. The van der Waals surface area contributed by atoms with E-state index >= 15 is 0 Å². The third-order valence-electron chi connectivity index (χ3n) is 3.50. The van der Waals surface area contributed by atoms with Crippen molar-refractivity contribution in [2.45, 2.75) is 44.5 Å². The van der Waals surface area contributed by atoms with Gasteiger partial charge in [0.2, 0.25) is 0 Å². The van der Waals surface area contributed by atoms with Gasteiger partial charge in [-0.2, -0.15) is 0 Å². The van der Waals surface area contributed by atoms with E-state index in [2.05, 4.69) is 5.48 Å². The summed E-state index contributed by atoms with van der Waals surface area (Å²) in [5, 5.41) is 0.620. The van der Waals surface area contributed by atoms with Crippen LogP contribution in [0.1, 0.15) is 26.2 Å². The first-order chi connectivity index (χ1) is 10.1. The van der Waals surface area contributed by atoms with Crippen molar-refractivity contribution in [1.82, 2.24) is 5.48 Å². The lowest BCUT2D eigenvalue weighted by atomic mass is 10.3. The van der Waals surface area contributed by atoms with Crippen LogP contribution in [0.3, 0.4) is 0 Å². The first-order valence-corrected chi connectivity index (χ1v) is 7.38. The molecule has 2 unspecified atom stereocenters. The fraction of sp³-hybridized carbons (Fsp3) is 0.533. The standard InChI is InChI=1S/C15H20ClNO4/c1-10(20-12-8-6-11(16)7-9-12)15(18)17-21-14-5-3-4-13(14)19-2/h6-10,13-14H,3-5H2,1-2H3,(H,17,18)/t10-,13?,14?/m0/s1. The molecular formula is C15H20ClNO4. The van der Waals surface area contributed by atoms with Gasteiger partial charge in [-0.1, -0.05) is 11.6 Å². The van der Waals surface area contributed by atoms with Crippen LogP contribution in [-0.4, -0.2) is 31.3 Å².